The highest BCUT2D eigenvalue weighted by Crippen LogP contribution is 2.20. The maximum atomic E-state index is 12.9. The van der Waals surface area contributed by atoms with E-state index in [0.29, 0.717) is 28.3 Å². The molecule has 0 bridgehead atoms. The molecule has 3 rings (SSSR count). The lowest BCUT2D eigenvalue weighted by Crippen LogP contribution is -2.24. The van der Waals surface area contributed by atoms with Gasteiger partial charge in [-0.05, 0) is 30.7 Å². The van der Waals surface area contributed by atoms with Crippen molar-refractivity contribution in [2.45, 2.75) is 31.5 Å². The fourth-order valence-corrected chi connectivity index (χ4v) is 3.72. The average molecular weight is 410 g/mol. The molecule has 7 nitrogen and oxygen atoms in total. The van der Waals surface area contributed by atoms with Crippen molar-refractivity contribution in [3.05, 3.63) is 64.4 Å². The van der Waals surface area contributed by atoms with Gasteiger partial charge in [0.05, 0.1) is 27.9 Å². The molecule has 0 saturated carbocycles. The second-order valence-electron chi connectivity index (χ2n) is 6.47. The lowest BCUT2D eigenvalue weighted by molar-refractivity contribution is -0.113. The number of amides is 2. The van der Waals surface area contributed by atoms with Gasteiger partial charge in [-0.25, -0.2) is 4.98 Å². The predicted octanol–water partition coefficient (Wildman–Crippen LogP) is 3.03. The largest absolute Gasteiger partial charge is 0.366 e. The molecule has 29 heavy (non-hydrogen) atoms. The monoisotopic (exact) mass is 410 g/mol. The number of hydrogen-bond donors (Lipinski definition) is 2. The van der Waals surface area contributed by atoms with Crippen LogP contribution in [0, 0.1) is 0 Å². The minimum absolute atomic E-state index is 0.0456. The predicted molar refractivity (Wildman–Crippen MR) is 115 cm³/mol. The normalized spacial score (nSPS) is 10.8. The number of benzene rings is 2. The summed E-state index contributed by atoms with van der Waals surface area (Å²) in [4.78, 5) is 41.4. The zero-order chi connectivity index (χ0) is 20.8. The van der Waals surface area contributed by atoms with E-state index < -0.39 is 5.91 Å². The molecule has 2 amide bonds. The Bertz CT molecular complexity index is 1110. The summed E-state index contributed by atoms with van der Waals surface area (Å²) in [7, 11) is 0. The standard InChI is InChI=1S/C21H22N4O3S/c1-2-3-12-25-20(28)15-9-5-7-11-17(15)24-21(25)29-13-18(26)23-16-10-6-4-8-14(16)19(22)27/h4-11H,2-3,12-13H2,1H3,(H2,22,27)(H,23,26). The third kappa shape index (κ3) is 4.83. The fourth-order valence-electron chi connectivity index (χ4n) is 2.89. The number of fused-ring (bicyclic) bond motifs is 1. The summed E-state index contributed by atoms with van der Waals surface area (Å²) in [5.41, 5.74) is 6.45. The van der Waals surface area contributed by atoms with Crippen molar-refractivity contribution in [2.75, 3.05) is 11.1 Å². The van der Waals surface area contributed by atoms with Crippen LogP contribution in [0.4, 0.5) is 5.69 Å². The third-order valence-corrected chi connectivity index (χ3v) is 5.34. The lowest BCUT2D eigenvalue weighted by Gasteiger charge is -2.13. The Kier molecular flexibility index (Phi) is 6.66. The highest BCUT2D eigenvalue weighted by atomic mass is 32.2. The van der Waals surface area contributed by atoms with Crippen molar-refractivity contribution in [2.24, 2.45) is 5.73 Å². The topological polar surface area (TPSA) is 107 Å². The lowest BCUT2D eigenvalue weighted by atomic mass is 10.1. The van der Waals surface area contributed by atoms with Crippen molar-refractivity contribution >= 4 is 40.2 Å². The summed E-state index contributed by atoms with van der Waals surface area (Å²) >= 11 is 1.19. The SMILES string of the molecule is CCCCn1c(SCC(=O)Nc2ccccc2C(N)=O)nc2ccccc2c1=O. The smallest absolute Gasteiger partial charge is 0.262 e. The van der Waals surface area contributed by atoms with E-state index in [9.17, 15) is 14.4 Å². The summed E-state index contributed by atoms with van der Waals surface area (Å²) in [6.07, 6.45) is 1.78. The maximum absolute atomic E-state index is 12.9. The molecule has 0 spiro atoms. The first-order valence-electron chi connectivity index (χ1n) is 9.32. The average Bonchev–Trinajstić information content (AvgIpc) is 2.72. The highest BCUT2D eigenvalue weighted by molar-refractivity contribution is 7.99. The van der Waals surface area contributed by atoms with Gasteiger partial charge in [-0.2, -0.15) is 0 Å². The van der Waals surface area contributed by atoms with E-state index in [1.807, 2.05) is 12.1 Å². The number of carbonyl (C=O) groups is 2. The van der Waals surface area contributed by atoms with Crippen LogP contribution >= 0.6 is 11.8 Å². The maximum Gasteiger partial charge on any atom is 0.262 e. The van der Waals surface area contributed by atoms with Gasteiger partial charge in [-0.1, -0.05) is 49.4 Å². The van der Waals surface area contributed by atoms with Crippen LogP contribution in [0.1, 0.15) is 30.1 Å². The van der Waals surface area contributed by atoms with Crippen molar-refractivity contribution in [3.63, 3.8) is 0 Å². The Hall–Kier alpha value is -3.13. The van der Waals surface area contributed by atoms with Gasteiger partial charge in [0.15, 0.2) is 5.16 Å². The molecule has 8 heteroatoms. The van der Waals surface area contributed by atoms with Crippen LogP contribution in [0.3, 0.4) is 0 Å². The molecule has 2 aromatic carbocycles. The van der Waals surface area contributed by atoms with Crippen LogP contribution in [0.25, 0.3) is 10.9 Å². The second-order valence-corrected chi connectivity index (χ2v) is 7.41. The first kappa shape index (κ1) is 20.6. The molecule has 0 atom stereocenters. The van der Waals surface area contributed by atoms with Gasteiger partial charge in [0.1, 0.15) is 0 Å². The minimum atomic E-state index is -0.613. The number of primary amides is 1. The summed E-state index contributed by atoms with van der Waals surface area (Å²) in [5.74, 6) is -0.879. The molecule has 150 valence electrons. The summed E-state index contributed by atoms with van der Waals surface area (Å²) in [5, 5.41) is 3.76. The number of carbonyl (C=O) groups excluding carboxylic acids is 2. The van der Waals surface area contributed by atoms with Crippen LogP contribution in [-0.4, -0.2) is 27.1 Å². The molecule has 0 radical (unpaired) electrons. The van der Waals surface area contributed by atoms with E-state index in [1.54, 1.807) is 41.0 Å². The van der Waals surface area contributed by atoms with E-state index >= 15 is 0 Å². The van der Waals surface area contributed by atoms with Crippen LogP contribution in [0.5, 0.6) is 0 Å². The van der Waals surface area contributed by atoms with Gasteiger partial charge in [0.2, 0.25) is 5.91 Å². The molecule has 0 aliphatic rings. The summed E-state index contributed by atoms with van der Waals surface area (Å²) in [6.45, 7) is 2.59. The van der Waals surface area contributed by atoms with E-state index in [2.05, 4.69) is 17.2 Å². The Morgan fingerprint density at radius 2 is 1.86 bits per heavy atom. The second kappa shape index (κ2) is 9.38. The molecule has 0 fully saturated rings. The molecule has 0 unspecified atom stereocenters. The molecule has 0 aliphatic heterocycles. The van der Waals surface area contributed by atoms with E-state index in [0.717, 1.165) is 12.8 Å². The molecule has 3 N–H and O–H groups in total. The Labute approximate surface area is 172 Å². The van der Waals surface area contributed by atoms with Gasteiger partial charge in [0, 0.05) is 6.54 Å². The first-order chi connectivity index (χ1) is 14.0. The Balaban J connectivity index is 1.82. The molecule has 1 heterocycles. The zero-order valence-electron chi connectivity index (χ0n) is 16.1. The van der Waals surface area contributed by atoms with Crippen LogP contribution < -0.4 is 16.6 Å². The van der Waals surface area contributed by atoms with Gasteiger partial charge in [-0.3, -0.25) is 19.0 Å². The quantitative estimate of drug-likeness (QED) is 0.438. The molecular weight excluding hydrogens is 388 g/mol. The summed E-state index contributed by atoms with van der Waals surface area (Å²) in [6, 6.07) is 13.7. The van der Waals surface area contributed by atoms with E-state index in [1.165, 1.54) is 11.8 Å². The van der Waals surface area contributed by atoms with Gasteiger partial charge in [0.25, 0.3) is 11.5 Å². The number of para-hydroxylation sites is 2. The fraction of sp³-hybridized carbons (Fsp3) is 0.238. The van der Waals surface area contributed by atoms with E-state index in [-0.39, 0.29) is 22.8 Å². The Morgan fingerprint density at radius 1 is 1.14 bits per heavy atom. The van der Waals surface area contributed by atoms with E-state index in [4.69, 9.17) is 5.73 Å². The van der Waals surface area contributed by atoms with Crippen molar-refractivity contribution < 1.29 is 9.59 Å². The minimum Gasteiger partial charge on any atom is -0.366 e. The van der Waals surface area contributed by atoms with Crippen molar-refractivity contribution in [3.8, 4) is 0 Å². The van der Waals surface area contributed by atoms with Gasteiger partial charge >= 0.3 is 0 Å². The molecule has 0 aliphatic carbocycles. The summed E-state index contributed by atoms with van der Waals surface area (Å²) < 4.78 is 1.63. The number of aromatic nitrogens is 2. The zero-order valence-corrected chi connectivity index (χ0v) is 16.9. The first-order valence-corrected chi connectivity index (χ1v) is 10.3. The van der Waals surface area contributed by atoms with Crippen LogP contribution in [0.2, 0.25) is 0 Å². The number of rotatable bonds is 8. The number of anilines is 1. The van der Waals surface area contributed by atoms with Gasteiger partial charge < -0.3 is 11.1 Å². The van der Waals surface area contributed by atoms with Crippen LogP contribution in [-0.2, 0) is 11.3 Å². The molecule has 1 aromatic heterocycles. The Morgan fingerprint density at radius 3 is 2.62 bits per heavy atom. The number of hydrogen-bond acceptors (Lipinski definition) is 5. The highest BCUT2D eigenvalue weighted by Gasteiger charge is 2.14. The van der Waals surface area contributed by atoms with Crippen molar-refractivity contribution in [1.82, 2.24) is 9.55 Å². The number of thioether (sulfide) groups is 1. The number of nitrogens with zero attached hydrogens (tertiary/aromatic N) is 2. The number of nitrogens with two attached hydrogens (primary N) is 1. The third-order valence-electron chi connectivity index (χ3n) is 4.36. The van der Waals surface area contributed by atoms with Crippen molar-refractivity contribution in [1.29, 1.82) is 0 Å². The molecule has 0 saturated heterocycles. The number of unbranched alkanes of at least 4 members (excludes halogenated alkanes) is 1. The van der Waals surface area contributed by atoms with Crippen LogP contribution in [0.15, 0.2) is 58.5 Å². The number of nitrogens with one attached hydrogen (secondary N) is 1. The van der Waals surface area contributed by atoms with Gasteiger partial charge in [-0.15, -0.1) is 0 Å². The molecular formula is C21H22N4O3S. The molecule has 3 aromatic rings.